The third kappa shape index (κ3) is 3.49. The molecule has 0 aliphatic carbocycles. The topological polar surface area (TPSA) is 0 Å². The van der Waals surface area contributed by atoms with Gasteiger partial charge in [-0.15, -0.1) is 0 Å². The van der Waals surface area contributed by atoms with E-state index in [-0.39, 0.29) is 11.6 Å². The van der Waals surface area contributed by atoms with Crippen LogP contribution in [0.25, 0.3) is 0 Å². The van der Waals surface area contributed by atoms with E-state index in [4.69, 9.17) is 0 Å². The van der Waals surface area contributed by atoms with E-state index in [0.717, 1.165) is 10.4 Å². The molecule has 0 aromatic heterocycles. The lowest BCUT2D eigenvalue weighted by Gasteiger charge is -2.29. The van der Waals surface area contributed by atoms with Gasteiger partial charge < -0.3 is 0 Å². The zero-order chi connectivity index (χ0) is 16.1. The van der Waals surface area contributed by atoms with Gasteiger partial charge in [0.1, 0.15) is 11.6 Å². The minimum atomic E-state index is -2.05. The van der Waals surface area contributed by atoms with Crippen LogP contribution in [0.2, 0.25) is 58.9 Å². The second-order valence-electron chi connectivity index (χ2n) is 8.72. The molecule has 20 heavy (non-hydrogen) atoms. The summed E-state index contributed by atoms with van der Waals surface area (Å²) in [7, 11) is -5.69. The summed E-state index contributed by atoms with van der Waals surface area (Å²) in [6, 6.07) is 1.85. The predicted octanol–water partition coefficient (Wildman–Crippen LogP) is 3.60. The Morgan fingerprint density at radius 1 is 0.600 bits per heavy atom. The van der Waals surface area contributed by atoms with E-state index in [2.05, 4.69) is 39.3 Å². The fourth-order valence-corrected chi connectivity index (χ4v) is 7.09. The van der Waals surface area contributed by atoms with Gasteiger partial charge in [0.05, 0.1) is 24.2 Å². The monoisotopic (exact) mass is 330 g/mol. The number of halogens is 2. The molecule has 0 saturated carbocycles. The van der Waals surface area contributed by atoms with Crippen molar-refractivity contribution in [1.82, 2.24) is 0 Å². The van der Waals surface area contributed by atoms with Gasteiger partial charge in [-0.25, -0.2) is 8.78 Å². The molecular weight excluding hydrogens is 302 g/mol. The molecule has 1 aromatic carbocycles. The van der Waals surface area contributed by atoms with Gasteiger partial charge in [-0.2, -0.15) is 0 Å². The van der Waals surface area contributed by atoms with E-state index in [1.54, 1.807) is 0 Å². The normalized spacial score (nSPS) is 13.8. The minimum Gasteiger partial charge on any atom is -0.207 e. The highest BCUT2D eigenvalue weighted by molar-refractivity contribution is 6.94. The van der Waals surface area contributed by atoms with E-state index in [9.17, 15) is 8.78 Å². The Labute approximate surface area is 125 Å². The summed E-state index contributed by atoms with van der Waals surface area (Å²) in [5.74, 6) is -0.495. The van der Waals surface area contributed by atoms with Crippen molar-refractivity contribution in [1.29, 1.82) is 0 Å². The first kappa shape index (κ1) is 17.8. The van der Waals surface area contributed by atoms with Gasteiger partial charge in [-0.05, 0) is 10.4 Å². The maximum Gasteiger partial charge on any atom is 0.124 e. The number of rotatable bonds is 3. The van der Waals surface area contributed by atoms with E-state index in [1.807, 2.05) is 25.7 Å². The van der Waals surface area contributed by atoms with Crippen molar-refractivity contribution >= 4 is 39.8 Å². The maximum atomic E-state index is 14.9. The summed E-state index contributed by atoms with van der Waals surface area (Å²) in [4.78, 5) is 0. The highest BCUT2D eigenvalue weighted by Crippen LogP contribution is 2.14. The first-order chi connectivity index (χ1) is 8.67. The second kappa shape index (κ2) is 5.18. The fourth-order valence-electron chi connectivity index (χ4n) is 2.39. The van der Waals surface area contributed by atoms with Crippen molar-refractivity contribution in [2.45, 2.75) is 58.9 Å². The highest BCUT2D eigenvalue weighted by Gasteiger charge is 2.35. The standard InChI is InChI=1S/C15H28F2Si3/c1-18(2,3)11-10-12(19(4,5)6)14(17)15(13(11)16)20(7,8)9/h10H,1-9H3. The quantitative estimate of drug-likeness (QED) is 0.743. The smallest absolute Gasteiger partial charge is 0.124 e. The summed E-state index contributed by atoms with van der Waals surface area (Å²) < 4.78 is 29.9. The molecule has 0 heterocycles. The van der Waals surface area contributed by atoms with Gasteiger partial charge >= 0.3 is 0 Å². The molecule has 0 nitrogen and oxygen atoms in total. The van der Waals surface area contributed by atoms with Crippen molar-refractivity contribution in [3.05, 3.63) is 17.7 Å². The van der Waals surface area contributed by atoms with Crippen molar-refractivity contribution < 1.29 is 8.78 Å². The lowest BCUT2D eigenvalue weighted by Crippen LogP contribution is -2.57. The van der Waals surface area contributed by atoms with Crippen LogP contribution in [0.1, 0.15) is 0 Å². The van der Waals surface area contributed by atoms with Crippen LogP contribution in [0.3, 0.4) is 0 Å². The number of hydrogen-bond donors (Lipinski definition) is 0. The zero-order valence-corrected chi connectivity index (χ0v) is 17.3. The van der Waals surface area contributed by atoms with E-state index in [1.165, 1.54) is 0 Å². The van der Waals surface area contributed by atoms with Gasteiger partial charge in [0.25, 0.3) is 0 Å². The molecule has 0 radical (unpaired) electrons. The molecule has 114 valence electrons. The maximum absolute atomic E-state index is 14.9. The van der Waals surface area contributed by atoms with E-state index >= 15 is 0 Å². The van der Waals surface area contributed by atoms with Crippen LogP contribution in [0.4, 0.5) is 8.78 Å². The van der Waals surface area contributed by atoms with Crippen molar-refractivity contribution in [2.24, 2.45) is 0 Å². The van der Waals surface area contributed by atoms with Crippen LogP contribution in [-0.2, 0) is 0 Å². The molecule has 0 amide bonds. The minimum absolute atomic E-state index is 0.247. The van der Waals surface area contributed by atoms with Crippen molar-refractivity contribution in [3.63, 3.8) is 0 Å². The van der Waals surface area contributed by atoms with Gasteiger partial charge in [0, 0.05) is 5.19 Å². The Morgan fingerprint density at radius 3 is 1.10 bits per heavy atom. The summed E-state index contributed by atoms with van der Waals surface area (Å²) in [6.45, 7) is 18.9. The highest BCUT2D eigenvalue weighted by atomic mass is 28.3. The Hall–Kier alpha value is -0.269. The van der Waals surface area contributed by atoms with E-state index in [0.29, 0.717) is 5.19 Å². The third-order valence-electron chi connectivity index (χ3n) is 3.57. The van der Waals surface area contributed by atoms with Crippen LogP contribution >= 0.6 is 0 Å². The van der Waals surface area contributed by atoms with Crippen LogP contribution in [0, 0.1) is 11.6 Å². The van der Waals surface area contributed by atoms with Gasteiger partial charge in [-0.1, -0.05) is 65.0 Å². The summed E-state index contributed by atoms with van der Waals surface area (Å²) >= 11 is 0. The molecule has 0 atom stereocenters. The molecule has 0 fully saturated rings. The molecule has 0 bridgehead atoms. The molecule has 0 aliphatic heterocycles. The third-order valence-corrected chi connectivity index (χ3v) is 9.47. The molecule has 0 unspecified atom stereocenters. The molecule has 1 aromatic rings. The Balaban J connectivity index is 3.86. The summed E-state index contributed by atoms with van der Waals surface area (Å²) in [6.07, 6.45) is 0. The average Bonchev–Trinajstić information content (AvgIpc) is 2.10. The summed E-state index contributed by atoms with van der Waals surface area (Å²) in [5, 5.41) is 2.01. The van der Waals surface area contributed by atoms with Gasteiger partial charge in [0.2, 0.25) is 0 Å². The average molecular weight is 331 g/mol. The molecular formula is C15H28F2Si3. The molecule has 0 saturated heterocycles. The van der Waals surface area contributed by atoms with Gasteiger partial charge in [-0.3, -0.25) is 0 Å². The zero-order valence-electron chi connectivity index (χ0n) is 14.3. The Kier molecular flexibility index (Phi) is 4.60. The summed E-state index contributed by atoms with van der Waals surface area (Å²) in [5.41, 5.74) is 0. The molecule has 0 aliphatic rings. The number of hydrogen-bond acceptors (Lipinski definition) is 0. The molecule has 0 spiro atoms. The molecule has 0 N–H and O–H groups in total. The Morgan fingerprint density at radius 2 is 0.900 bits per heavy atom. The second-order valence-corrected chi connectivity index (χ2v) is 23.8. The molecule has 1 rings (SSSR count). The predicted molar refractivity (Wildman–Crippen MR) is 95.3 cm³/mol. The van der Waals surface area contributed by atoms with E-state index < -0.39 is 24.2 Å². The van der Waals surface area contributed by atoms with Crippen molar-refractivity contribution in [2.75, 3.05) is 0 Å². The van der Waals surface area contributed by atoms with Crippen molar-refractivity contribution in [3.8, 4) is 0 Å². The van der Waals surface area contributed by atoms with Crippen LogP contribution in [0.5, 0.6) is 0 Å². The Bertz CT molecular complexity index is 480. The molecule has 5 heteroatoms. The lowest BCUT2D eigenvalue weighted by molar-refractivity contribution is 0.605. The SMILES string of the molecule is C[Si](C)(C)c1cc([Si](C)(C)C)c(F)c([Si](C)(C)C)c1F. The van der Waals surface area contributed by atoms with Crippen LogP contribution < -0.4 is 15.6 Å². The largest absolute Gasteiger partial charge is 0.207 e. The first-order valence-corrected chi connectivity index (χ1v) is 17.7. The first-order valence-electron chi connectivity index (χ1n) is 7.21. The van der Waals surface area contributed by atoms with Crippen LogP contribution in [-0.4, -0.2) is 24.2 Å². The van der Waals surface area contributed by atoms with Crippen LogP contribution in [0.15, 0.2) is 6.07 Å². The number of benzene rings is 1. The van der Waals surface area contributed by atoms with Gasteiger partial charge in [0.15, 0.2) is 0 Å². The fraction of sp³-hybridized carbons (Fsp3) is 0.600. The lowest BCUT2D eigenvalue weighted by atomic mass is 10.3.